The van der Waals surface area contributed by atoms with Gasteiger partial charge >= 0.3 is 0 Å². The SMILES string of the molecule is CC(C)CNc1nccn1Cc1ccncc1. The summed E-state index contributed by atoms with van der Waals surface area (Å²) in [5.41, 5.74) is 1.23. The summed E-state index contributed by atoms with van der Waals surface area (Å²) in [7, 11) is 0. The Morgan fingerprint density at radius 1 is 1.24 bits per heavy atom. The Bertz CT molecular complexity index is 447. The van der Waals surface area contributed by atoms with E-state index in [4.69, 9.17) is 0 Å². The lowest BCUT2D eigenvalue weighted by molar-refractivity contribution is 0.676. The van der Waals surface area contributed by atoms with Crippen molar-refractivity contribution in [3.8, 4) is 0 Å². The molecule has 2 heterocycles. The summed E-state index contributed by atoms with van der Waals surface area (Å²) in [5.74, 6) is 1.54. The molecule has 2 aromatic rings. The van der Waals surface area contributed by atoms with Crippen molar-refractivity contribution in [2.75, 3.05) is 11.9 Å². The molecule has 2 rings (SSSR count). The van der Waals surface area contributed by atoms with Gasteiger partial charge in [-0.1, -0.05) is 13.8 Å². The third kappa shape index (κ3) is 3.31. The number of rotatable bonds is 5. The Kier molecular flexibility index (Phi) is 3.75. The van der Waals surface area contributed by atoms with E-state index in [-0.39, 0.29) is 0 Å². The van der Waals surface area contributed by atoms with E-state index in [2.05, 4.69) is 33.7 Å². The smallest absolute Gasteiger partial charge is 0.203 e. The van der Waals surface area contributed by atoms with Crippen molar-refractivity contribution in [3.05, 3.63) is 42.5 Å². The minimum absolute atomic E-state index is 0.612. The van der Waals surface area contributed by atoms with Gasteiger partial charge in [-0.15, -0.1) is 0 Å². The van der Waals surface area contributed by atoms with Crippen LogP contribution in [0.15, 0.2) is 36.9 Å². The average molecular weight is 230 g/mol. The molecule has 2 aromatic heterocycles. The number of anilines is 1. The van der Waals surface area contributed by atoms with Gasteiger partial charge in [0.25, 0.3) is 0 Å². The molecule has 0 spiro atoms. The van der Waals surface area contributed by atoms with Crippen LogP contribution in [0.1, 0.15) is 19.4 Å². The second-order valence-electron chi connectivity index (χ2n) is 4.51. The van der Waals surface area contributed by atoms with Crippen LogP contribution in [0.3, 0.4) is 0 Å². The fourth-order valence-corrected chi connectivity index (χ4v) is 1.58. The Morgan fingerprint density at radius 3 is 2.71 bits per heavy atom. The van der Waals surface area contributed by atoms with E-state index >= 15 is 0 Å². The minimum Gasteiger partial charge on any atom is -0.355 e. The number of pyridine rings is 1. The van der Waals surface area contributed by atoms with E-state index in [0.717, 1.165) is 19.0 Å². The van der Waals surface area contributed by atoms with E-state index in [9.17, 15) is 0 Å². The molecule has 0 unspecified atom stereocenters. The zero-order valence-corrected chi connectivity index (χ0v) is 10.3. The van der Waals surface area contributed by atoms with Crippen molar-refractivity contribution in [2.45, 2.75) is 20.4 Å². The predicted octanol–water partition coefficient (Wildman–Crippen LogP) is 2.39. The van der Waals surface area contributed by atoms with Gasteiger partial charge in [-0.3, -0.25) is 4.98 Å². The molecule has 17 heavy (non-hydrogen) atoms. The van der Waals surface area contributed by atoms with E-state index in [1.54, 1.807) is 0 Å². The highest BCUT2D eigenvalue weighted by atomic mass is 15.2. The Hall–Kier alpha value is -1.84. The Balaban J connectivity index is 2.04. The molecule has 0 bridgehead atoms. The predicted molar refractivity (Wildman–Crippen MR) is 68.9 cm³/mol. The van der Waals surface area contributed by atoms with Crippen LogP contribution >= 0.6 is 0 Å². The first kappa shape index (κ1) is 11.6. The van der Waals surface area contributed by atoms with Crippen LogP contribution in [0, 0.1) is 5.92 Å². The molecule has 0 aliphatic carbocycles. The monoisotopic (exact) mass is 230 g/mol. The van der Waals surface area contributed by atoms with Gasteiger partial charge in [-0.25, -0.2) is 4.98 Å². The summed E-state index contributed by atoms with van der Waals surface area (Å²) in [5, 5.41) is 3.35. The lowest BCUT2D eigenvalue weighted by Gasteiger charge is -2.11. The van der Waals surface area contributed by atoms with E-state index < -0.39 is 0 Å². The normalized spacial score (nSPS) is 10.8. The maximum absolute atomic E-state index is 4.32. The summed E-state index contributed by atoms with van der Waals surface area (Å²) in [6.45, 7) is 6.13. The third-order valence-corrected chi connectivity index (χ3v) is 2.49. The van der Waals surface area contributed by atoms with Gasteiger partial charge in [0, 0.05) is 31.3 Å². The molecular formula is C13H18N4. The largest absolute Gasteiger partial charge is 0.355 e. The van der Waals surface area contributed by atoms with Crippen LogP contribution in [0.25, 0.3) is 0 Å². The lowest BCUT2D eigenvalue weighted by atomic mass is 10.2. The second kappa shape index (κ2) is 5.48. The van der Waals surface area contributed by atoms with E-state index in [1.807, 2.05) is 36.9 Å². The van der Waals surface area contributed by atoms with E-state index in [0.29, 0.717) is 5.92 Å². The molecule has 0 aromatic carbocycles. The van der Waals surface area contributed by atoms with Gasteiger partial charge in [0.15, 0.2) is 0 Å². The van der Waals surface area contributed by atoms with Crippen LogP contribution in [0.2, 0.25) is 0 Å². The van der Waals surface area contributed by atoms with Crippen molar-refractivity contribution < 1.29 is 0 Å². The molecule has 0 fully saturated rings. The Labute approximate surface area is 102 Å². The molecule has 1 N–H and O–H groups in total. The van der Waals surface area contributed by atoms with Gasteiger partial charge in [0.1, 0.15) is 0 Å². The topological polar surface area (TPSA) is 42.7 Å². The molecule has 0 saturated heterocycles. The molecule has 0 amide bonds. The average Bonchev–Trinajstić information content (AvgIpc) is 2.75. The Morgan fingerprint density at radius 2 is 2.00 bits per heavy atom. The molecule has 0 saturated carbocycles. The quantitative estimate of drug-likeness (QED) is 0.857. The van der Waals surface area contributed by atoms with Gasteiger partial charge < -0.3 is 9.88 Å². The van der Waals surface area contributed by atoms with Crippen molar-refractivity contribution >= 4 is 5.95 Å². The van der Waals surface area contributed by atoms with Gasteiger partial charge in [-0.05, 0) is 23.6 Å². The standard InChI is InChI=1S/C13H18N4/c1-11(2)9-16-13-15-7-8-17(13)10-12-3-5-14-6-4-12/h3-8,11H,9-10H2,1-2H3,(H,15,16). The lowest BCUT2D eigenvalue weighted by Crippen LogP contribution is -2.13. The van der Waals surface area contributed by atoms with Crippen LogP contribution in [-0.2, 0) is 6.54 Å². The fraction of sp³-hybridized carbons (Fsp3) is 0.385. The molecule has 0 aliphatic heterocycles. The molecule has 90 valence electrons. The summed E-state index contributed by atoms with van der Waals surface area (Å²) in [6, 6.07) is 4.04. The number of aromatic nitrogens is 3. The van der Waals surface area contributed by atoms with Gasteiger partial charge in [0.2, 0.25) is 5.95 Å². The van der Waals surface area contributed by atoms with Gasteiger partial charge in [0.05, 0.1) is 6.54 Å². The van der Waals surface area contributed by atoms with Crippen LogP contribution in [-0.4, -0.2) is 21.1 Å². The number of hydrogen-bond donors (Lipinski definition) is 1. The number of imidazole rings is 1. The zero-order valence-electron chi connectivity index (χ0n) is 10.3. The third-order valence-electron chi connectivity index (χ3n) is 2.49. The van der Waals surface area contributed by atoms with Crippen molar-refractivity contribution in [1.29, 1.82) is 0 Å². The summed E-state index contributed by atoms with van der Waals surface area (Å²) in [4.78, 5) is 8.34. The number of nitrogens with one attached hydrogen (secondary N) is 1. The second-order valence-corrected chi connectivity index (χ2v) is 4.51. The molecule has 4 nitrogen and oxygen atoms in total. The molecular weight excluding hydrogens is 212 g/mol. The maximum Gasteiger partial charge on any atom is 0.203 e. The van der Waals surface area contributed by atoms with Crippen molar-refractivity contribution in [1.82, 2.24) is 14.5 Å². The first-order valence-corrected chi connectivity index (χ1v) is 5.89. The zero-order chi connectivity index (χ0) is 12.1. The van der Waals surface area contributed by atoms with E-state index in [1.165, 1.54) is 5.56 Å². The van der Waals surface area contributed by atoms with Crippen LogP contribution in [0.4, 0.5) is 5.95 Å². The summed E-state index contributed by atoms with van der Waals surface area (Å²) < 4.78 is 2.11. The molecule has 0 aliphatic rings. The highest BCUT2D eigenvalue weighted by Crippen LogP contribution is 2.09. The number of hydrogen-bond acceptors (Lipinski definition) is 3. The van der Waals surface area contributed by atoms with Crippen molar-refractivity contribution in [2.24, 2.45) is 5.92 Å². The summed E-state index contributed by atoms with van der Waals surface area (Å²) in [6.07, 6.45) is 7.44. The first-order valence-electron chi connectivity index (χ1n) is 5.89. The first-order chi connectivity index (χ1) is 8.25. The van der Waals surface area contributed by atoms with Crippen LogP contribution < -0.4 is 5.32 Å². The van der Waals surface area contributed by atoms with Crippen LogP contribution in [0.5, 0.6) is 0 Å². The maximum atomic E-state index is 4.32. The highest BCUT2D eigenvalue weighted by Gasteiger charge is 2.03. The van der Waals surface area contributed by atoms with Gasteiger partial charge in [-0.2, -0.15) is 0 Å². The minimum atomic E-state index is 0.612. The molecule has 4 heteroatoms. The highest BCUT2D eigenvalue weighted by molar-refractivity contribution is 5.27. The molecule has 0 radical (unpaired) electrons. The summed E-state index contributed by atoms with van der Waals surface area (Å²) >= 11 is 0. The number of nitrogens with zero attached hydrogens (tertiary/aromatic N) is 3. The van der Waals surface area contributed by atoms with Crippen molar-refractivity contribution in [3.63, 3.8) is 0 Å². The molecule has 0 atom stereocenters. The fourth-order valence-electron chi connectivity index (χ4n) is 1.58.